The molecule has 0 aliphatic carbocycles. The fourth-order valence-corrected chi connectivity index (χ4v) is 8.24. The predicted molar refractivity (Wildman–Crippen MR) is 220 cm³/mol. The van der Waals surface area contributed by atoms with Crippen LogP contribution >= 0.6 is 11.3 Å². The van der Waals surface area contributed by atoms with Crippen LogP contribution in [0.25, 0.3) is 21.7 Å². The first kappa shape index (κ1) is 39.8. The minimum atomic E-state index is -3.74. The quantitative estimate of drug-likeness (QED) is 0.104. The summed E-state index contributed by atoms with van der Waals surface area (Å²) in [6, 6.07) is 19.8. The number of benzene rings is 2. The molecule has 0 aliphatic heterocycles. The van der Waals surface area contributed by atoms with Crippen molar-refractivity contribution < 1.29 is 21.6 Å². The second-order valence-corrected chi connectivity index (χ2v) is 19.2. The van der Waals surface area contributed by atoms with Crippen LogP contribution in [0.15, 0.2) is 88.8 Å². The van der Waals surface area contributed by atoms with E-state index in [1.54, 1.807) is 28.2 Å². The molecule has 0 saturated carbocycles. The van der Waals surface area contributed by atoms with Crippen molar-refractivity contribution in [2.75, 3.05) is 23.1 Å². The molecule has 298 valence electrons. The standard InChI is InChI=1S/C39H44N10O5S3/c1-24(2)30-22-42-48-34(30)44-38(56(5,50)51)47-37(48)41-21-28-13-8-10-15-32(28)54-26(4)18-17-25(3)31-23-43-49-35(31)45-39(57(6,52)53)46-36(49)40-20-27-12-7-9-14-29(27)33-16-11-19-55-33/h7-16,19,22-26H,17-18,20-21H2,1-6H3,(H,40,45,46)(H,41,44,47). The van der Waals surface area contributed by atoms with Gasteiger partial charge in [0.1, 0.15) is 5.75 Å². The zero-order chi connectivity index (χ0) is 40.5. The molecule has 0 saturated heterocycles. The van der Waals surface area contributed by atoms with Crippen molar-refractivity contribution in [3.8, 4) is 16.2 Å². The molecule has 15 nitrogen and oxygen atoms in total. The molecule has 0 bridgehead atoms. The first-order valence-corrected chi connectivity index (χ1v) is 23.1. The fourth-order valence-electron chi connectivity index (χ4n) is 6.44. The summed E-state index contributed by atoms with van der Waals surface area (Å²) in [7, 11) is -7.43. The molecule has 5 heterocycles. The number of aromatic nitrogens is 8. The third-order valence-electron chi connectivity index (χ3n) is 9.55. The monoisotopic (exact) mass is 828 g/mol. The molecule has 7 aromatic rings. The van der Waals surface area contributed by atoms with Crippen LogP contribution < -0.4 is 15.4 Å². The number of ether oxygens (including phenoxy) is 1. The first-order chi connectivity index (χ1) is 27.2. The molecule has 5 aromatic heterocycles. The van der Waals surface area contributed by atoms with E-state index >= 15 is 0 Å². The van der Waals surface area contributed by atoms with Crippen molar-refractivity contribution >= 4 is 54.2 Å². The van der Waals surface area contributed by atoms with Crippen LogP contribution in [0.3, 0.4) is 0 Å². The molecule has 0 aliphatic rings. The maximum absolute atomic E-state index is 12.8. The van der Waals surface area contributed by atoms with E-state index in [0.717, 1.165) is 45.2 Å². The van der Waals surface area contributed by atoms with E-state index in [1.807, 2.05) is 74.7 Å². The molecule has 2 atom stereocenters. The van der Waals surface area contributed by atoms with Gasteiger partial charge >= 0.3 is 0 Å². The van der Waals surface area contributed by atoms with E-state index in [0.29, 0.717) is 36.4 Å². The van der Waals surface area contributed by atoms with Gasteiger partial charge in [0, 0.05) is 47.2 Å². The summed E-state index contributed by atoms with van der Waals surface area (Å²) in [6.45, 7) is 8.72. The lowest BCUT2D eigenvalue weighted by Gasteiger charge is -2.19. The molecule has 0 amide bonds. The predicted octanol–water partition coefficient (Wildman–Crippen LogP) is 6.80. The smallest absolute Gasteiger partial charge is 0.252 e. The fraction of sp³-hybridized carbons (Fsp3) is 0.333. The van der Waals surface area contributed by atoms with E-state index in [-0.39, 0.29) is 46.7 Å². The van der Waals surface area contributed by atoms with E-state index in [1.165, 1.54) is 4.52 Å². The van der Waals surface area contributed by atoms with Crippen molar-refractivity contribution in [2.24, 2.45) is 0 Å². The van der Waals surface area contributed by atoms with Gasteiger partial charge in [-0.1, -0.05) is 69.3 Å². The molecular weight excluding hydrogens is 785 g/mol. The highest BCUT2D eigenvalue weighted by Crippen LogP contribution is 2.31. The van der Waals surface area contributed by atoms with Gasteiger partial charge in [-0.05, 0) is 60.2 Å². The van der Waals surface area contributed by atoms with Crippen LogP contribution in [0, 0.1) is 0 Å². The maximum Gasteiger partial charge on any atom is 0.252 e. The number of hydrogen-bond donors (Lipinski definition) is 2. The van der Waals surface area contributed by atoms with Gasteiger partial charge in [-0.2, -0.15) is 39.2 Å². The summed E-state index contributed by atoms with van der Waals surface area (Å²) >= 11 is 1.65. The average Bonchev–Trinajstić information content (AvgIpc) is 3.96. The highest BCUT2D eigenvalue weighted by molar-refractivity contribution is 7.90. The summed E-state index contributed by atoms with van der Waals surface area (Å²) in [5.74, 6) is 1.23. The van der Waals surface area contributed by atoms with Crippen LogP contribution in [-0.2, 0) is 32.8 Å². The van der Waals surface area contributed by atoms with Gasteiger partial charge in [0.25, 0.3) is 10.3 Å². The minimum absolute atomic E-state index is 0.0470. The number of thiophene rings is 1. The lowest BCUT2D eigenvalue weighted by atomic mass is 9.97. The Morgan fingerprint density at radius 3 is 1.84 bits per heavy atom. The molecule has 0 radical (unpaired) electrons. The lowest BCUT2D eigenvalue weighted by Crippen LogP contribution is -2.16. The summed E-state index contributed by atoms with van der Waals surface area (Å²) in [5, 5.41) is 17.1. The van der Waals surface area contributed by atoms with Crippen LogP contribution in [-0.4, -0.2) is 74.6 Å². The van der Waals surface area contributed by atoms with Crippen LogP contribution in [0.5, 0.6) is 5.75 Å². The average molecular weight is 829 g/mol. The Kier molecular flexibility index (Phi) is 11.3. The molecule has 2 N–H and O–H groups in total. The van der Waals surface area contributed by atoms with Gasteiger partial charge in [0.2, 0.25) is 31.6 Å². The van der Waals surface area contributed by atoms with Crippen LogP contribution in [0.1, 0.15) is 74.6 Å². The Hall–Kier alpha value is -5.46. The zero-order valence-electron chi connectivity index (χ0n) is 32.4. The normalized spacial score (nSPS) is 13.3. The molecule has 7 rings (SSSR count). The van der Waals surface area contributed by atoms with Crippen LogP contribution in [0.4, 0.5) is 11.9 Å². The Morgan fingerprint density at radius 1 is 0.684 bits per heavy atom. The van der Waals surface area contributed by atoms with Gasteiger partial charge in [-0.3, -0.25) is 0 Å². The highest BCUT2D eigenvalue weighted by atomic mass is 32.2. The number of nitrogens with one attached hydrogen (secondary N) is 2. The molecule has 2 aromatic carbocycles. The SMILES string of the molecule is CC(CCC(C)c1cnn2c(NCc3ccccc3-c3cccs3)nc(S(C)(=O)=O)nc12)Oc1ccccc1CNc1nc(S(C)(=O)=O)nc2c(C(C)C)cnn12. The Labute approximate surface area is 335 Å². The number of sulfone groups is 2. The molecule has 57 heavy (non-hydrogen) atoms. The van der Waals surface area contributed by atoms with Crippen molar-refractivity contribution in [2.45, 2.75) is 81.9 Å². The maximum atomic E-state index is 12.8. The Bertz CT molecular complexity index is 2770. The van der Waals surface area contributed by atoms with Crippen molar-refractivity contribution in [3.63, 3.8) is 0 Å². The number of fused-ring (bicyclic) bond motifs is 2. The van der Waals surface area contributed by atoms with E-state index < -0.39 is 19.7 Å². The summed E-state index contributed by atoms with van der Waals surface area (Å²) in [5.41, 5.74) is 5.43. The first-order valence-electron chi connectivity index (χ1n) is 18.4. The largest absolute Gasteiger partial charge is 0.490 e. The van der Waals surface area contributed by atoms with Crippen molar-refractivity contribution in [1.82, 2.24) is 39.2 Å². The van der Waals surface area contributed by atoms with Gasteiger partial charge in [-0.15, -0.1) is 11.3 Å². The van der Waals surface area contributed by atoms with E-state index in [2.05, 4.69) is 59.8 Å². The summed E-state index contributed by atoms with van der Waals surface area (Å²) in [6.07, 6.45) is 6.76. The second-order valence-electron chi connectivity index (χ2n) is 14.4. The van der Waals surface area contributed by atoms with E-state index in [4.69, 9.17) is 4.74 Å². The molecule has 18 heteroatoms. The number of rotatable bonds is 16. The number of para-hydroxylation sites is 1. The number of hydrogen-bond acceptors (Lipinski definition) is 14. The third kappa shape index (κ3) is 8.77. The van der Waals surface area contributed by atoms with Gasteiger partial charge in [-0.25, -0.2) is 16.8 Å². The topological polar surface area (TPSA) is 188 Å². The van der Waals surface area contributed by atoms with Gasteiger partial charge < -0.3 is 15.4 Å². The zero-order valence-corrected chi connectivity index (χ0v) is 34.9. The Morgan fingerprint density at radius 2 is 1.25 bits per heavy atom. The van der Waals surface area contributed by atoms with Gasteiger partial charge in [0.15, 0.2) is 11.3 Å². The van der Waals surface area contributed by atoms with E-state index in [9.17, 15) is 16.8 Å². The molecule has 2 unspecified atom stereocenters. The molecule has 0 spiro atoms. The number of nitrogens with zero attached hydrogens (tertiary/aromatic N) is 8. The lowest BCUT2D eigenvalue weighted by molar-refractivity contribution is 0.203. The second kappa shape index (κ2) is 16.2. The van der Waals surface area contributed by atoms with Crippen molar-refractivity contribution in [1.29, 1.82) is 0 Å². The highest BCUT2D eigenvalue weighted by Gasteiger charge is 2.23. The third-order valence-corrected chi connectivity index (χ3v) is 12.1. The summed E-state index contributed by atoms with van der Waals surface area (Å²) < 4.78 is 60.0. The summed E-state index contributed by atoms with van der Waals surface area (Å²) in [4.78, 5) is 18.6. The van der Waals surface area contributed by atoms with Crippen LogP contribution in [0.2, 0.25) is 0 Å². The molecule has 0 fully saturated rings. The minimum Gasteiger partial charge on any atom is -0.490 e. The molecular formula is C39H44N10O5S3. The number of anilines is 2. The van der Waals surface area contributed by atoms with Crippen molar-refractivity contribution in [3.05, 3.63) is 101 Å². The Balaban J connectivity index is 1.05. The van der Waals surface area contributed by atoms with Gasteiger partial charge in [0.05, 0.1) is 18.5 Å².